The van der Waals surface area contributed by atoms with E-state index in [1.807, 2.05) is 24.4 Å². The largest absolute Gasteiger partial charge is 0.375 e. The molecule has 1 aromatic carbocycles. The zero-order chi connectivity index (χ0) is 15.3. The van der Waals surface area contributed by atoms with Crippen LogP contribution in [0.5, 0.6) is 0 Å². The van der Waals surface area contributed by atoms with Crippen LogP contribution in [0.3, 0.4) is 0 Å². The quantitative estimate of drug-likeness (QED) is 0.858. The van der Waals surface area contributed by atoms with E-state index in [1.54, 1.807) is 7.11 Å². The van der Waals surface area contributed by atoms with Crippen molar-refractivity contribution in [3.63, 3.8) is 0 Å². The van der Waals surface area contributed by atoms with Crippen LogP contribution < -0.4 is 5.32 Å². The molecule has 21 heavy (non-hydrogen) atoms. The van der Waals surface area contributed by atoms with Gasteiger partial charge in [-0.25, -0.2) is 0 Å². The Labute approximate surface area is 126 Å². The Morgan fingerprint density at radius 2 is 1.95 bits per heavy atom. The highest BCUT2D eigenvalue weighted by Crippen LogP contribution is 2.23. The van der Waals surface area contributed by atoms with Crippen molar-refractivity contribution in [2.45, 2.75) is 38.8 Å². The molecule has 0 radical (unpaired) electrons. The summed E-state index contributed by atoms with van der Waals surface area (Å²) >= 11 is 0. The minimum absolute atomic E-state index is 0.0659. The number of rotatable bonds is 6. The third kappa shape index (κ3) is 4.16. The van der Waals surface area contributed by atoms with Crippen molar-refractivity contribution in [2.75, 3.05) is 13.7 Å². The maximum absolute atomic E-state index is 5.57. The molecule has 0 fully saturated rings. The van der Waals surface area contributed by atoms with E-state index in [2.05, 4.69) is 48.4 Å². The van der Waals surface area contributed by atoms with Gasteiger partial charge in [0.15, 0.2) is 0 Å². The van der Waals surface area contributed by atoms with Crippen LogP contribution in [0.2, 0.25) is 0 Å². The van der Waals surface area contributed by atoms with Crippen molar-refractivity contribution in [1.82, 2.24) is 15.5 Å². The fraction of sp³-hybridized carbons (Fsp3) is 0.471. The Balaban J connectivity index is 1.94. The van der Waals surface area contributed by atoms with Crippen molar-refractivity contribution < 1.29 is 4.74 Å². The van der Waals surface area contributed by atoms with Crippen LogP contribution in [0, 0.1) is 0 Å². The maximum atomic E-state index is 5.57. The summed E-state index contributed by atoms with van der Waals surface area (Å²) in [6.07, 6.45) is 1.97. The fourth-order valence-electron chi connectivity index (χ4n) is 2.44. The smallest absolute Gasteiger partial charge is 0.0945 e. The van der Waals surface area contributed by atoms with Gasteiger partial charge in [0.25, 0.3) is 0 Å². The summed E-state index contributed by atoms with van der Waals surface area (Å²) in [5.41, 5.74) is 3.66. The van der Waals surface area contributed by atoms with Crippen LogP contribution in [0.1, 0.15) is 43.7 Å². The van der Waals surface area contributed by atoms with Crippen molar-refractivity contribution >= 4 is 0 Å². The van der Waals surface area contributed by atoms with Gasteiger partial charge >= 0.3 is 0 Å². The number of hydrogen-bond acceptors (Lipinski definition) is 3. The second-order valence-corrected chi connectivity index (χ2v) is 6.29. The monoisotopic (exact) mass is 287 g/mol. The lowest BCUT2D eigenvalue weighted by atomic mass is 9.89. The Bertz CT molecular complexity index is 543. The van der Waals surface area contributed by atoms with E-state index in [-0.39, 0.29) is 11.5 Å². The number of hydrogen-bond donors (Lipinski definition) is 2. The molecule has 0 spiro atoms. The molecular formula is C17H25N3O. The van der Waals surface area contributed by atoms with Crippen LogP contribution in [-0.4, -0.2) is 23.9 Å². The summed E-state index contributed by atoms with van der Waals surface area (Å²) in [5, 5.41) is 10.7. The topological polar surface area (TPSA) is 49.9 Å². The van der Waals surface area contributed by atoms with Gasteiger partial charge in [0.2, 0.25) is 0 Å². The number of H-pyrrole nitrogens is 1. The zero-order valence-electron chi connectivity index (χ0n) is 13.3. The SMILES string of the molecule is COC(CNCc1cn[nH]c1C(C)(C)C)c1ccccc1. The number of nitrogens with zero attached hydrogens (tertiary/aromatic N) is 1. The fourth-order valence-corrected chi connectivity index (χ4v) is 2.44. The van der Waals surface area contributed by atoms with E-state index in [9.17, 15) is 0 Å². The molecule has 0 aliphatic heterocycles. The zero-order valence-corrected chi connectivity index (χ0v) is 13.3. The second kappa shape index (κ2) is 6.87. The average Bonchev–Trinajstić information content (AvgIpc) is 2.93. The summed E-state index contributed by atoms with van der Waals surface area (Å²) in [5.74, 6) is 0. The highest BCUT2D eigenvalue weighted by atomic mass is 16.5. The predicted molar refractivity (Wildman–Crippen MR) is 85.2 cm³/mol. The molecule has 4 heteroatoms. The number of aromatic nitrogens is 2. The minimum Gasteiger partial charge on any atom is -0.375 e. The van der Waals surface area contributed by atoms with E-state index in [1.165, 1.54) is 16.8 Å². The molecule has 2 rings (SSSR count). The predicted octanol–water partition coefficient (Wildman–Crippen LogP) is 3.18. The van der Waals surface area contributed by atoms with Crippen molar-refractivity contribution in [3.8, 4) is 0 Å². The number of methoxy groups -OCH3 is 1. The van der Waals surface area contributed by atoms with E-state index in [0.29, 0.717) is 0 Å². The van der Waals surface area contributed by atoms with Gasteiger partial charge in [0, 0.05) is 36.9 Å². The van der Waals surface area contributed by atoms with Gasteiger partial charge in [-0.1, -0.05) is 51.1 Å². The summed E-state index contributed by atoms with van der Waals surface area (Å²) in [4.78, 5) is 0. The first-order valence-corrected chi connectivity index (χ1v) is 7.33. The molecule has 0 bridgehead atoms. The van der Waals surface area contributed by atoms with Gasteiger partial charge in [0.1, 0.15) is 0 Å². The number of ether oxygens (including phenoxy) is 1. The molecule has 0 amide bonds. The molecule has 2 N–H and O–H groups in total. The molecule has 0 aliphatic rings. The Kier molecular flexibility index (Phi) is 5.15. The van der Waals surface area contributed by atoms with Gasteiger partial charge in [-0.2, -0.15) is 5.10 Å². The molecule has 1 heterocycles. The molecule has 1 atom stereocenters. The lowest BCUT2D eigenvalue weighted by Crippen LogP contribution is -2.24. The molecular weight excluding hydrogens is 262 g/mol. The lowest BCUT2D eigenvalue weighted by molar-refractivity contribution is 0.102. The number of benzene rings is 1. The van der Waals surface area contributed by atoms with E-state index in [4.69, 9.17) is 4.74 Å². The highest BCUT2D eigenvalue weighted by molar-refractivity contribution is 5.23. The first kappa shape index (κ1) is 15.7. The molecule has 4 nitrogen and oxygen atoms in total. The molecule has 0 saturated carbocycles. The molecule has 0 aliphatic carbocycles. The summed E-state index contributed by atoms with van der Waals surface area (Å²) in [6, 6.07) is 10.3. The first-order chi connectivity index (χ1) is 10.0. The van der Waals surface area contributed by atoms with Gasteiger partial charge in [-0.05, 0) is 5.56 Å². The molecule has 1 unspecified atom stereocenters. The summed E-state index contributed by atoms with van der Waals surface area (Å²) < 4.78 is 5.57. The van der Waals surface area contributed by atoms with Gasteiger partial charge in [-0.15, -0.1) is 0 Å². The third-order valence-electron chi connectivity index (χ3n) is 3.57. The molecule has 0 saturated heterocycles. The van der Waals surface area contributed by atoms with E-state index >= 15 is 0 Å². The van der Waals surface area contributed by atoms with Crippen LogP contribution in [0.15, 0.2) is 36.5 Å². The van der Waals surface area contributed by atoms with Gasteiger partial charge in [-0.3, -0.25) is 5.10 Å². The van der Waals surface area contributed by atoms with E-state index in [0.717, 1.165) is 13.1 Å². The van der Waals surface area contributed by atoms with Crippen LogP contribution in [0.4, 0.5) is 0 Å². The Morgan fingerprint density at radius 3 is 2.57 bits per heavy atom. The normalized spacial score (nSPS) is 13.3. The lowest BCUT2D eigenvalue weighted by Gasteiger charge is -2.20. The van der Waals surface area contributed by atoms with Crippen molar-refractivity contribution in [2.24, 2.45) is 0 Å². The van der Waals surface area contributed by atoms with Crippen molar-refractivity contribution in [1.29, 1.82) is 0 Å². The summed E-state index contributed by atoms with van der Waals surface area (Å²) in [7, 11) is 1.75. The standard InChI is InChI=1S/C17H25N3O/c1-17(2,3)16-14(11-19-20-16)10-18-12-15(21-4)13-8-6-5-7-9-13/h5-9,11,15,18H,10,12H2,1-4H3,(H,19,20). The first-order valence-electron chi connectivity index (χ1n) is 7.33. The number of aromatic amines is 1. The Hall–Kier alpha value is -1.65. The van der Waals surface area contributed by atoms with E-state index < -0.39 is 0 Å². The molecule has 1 aromatic heterocycles. The molecule has 2 aromatic rings. The average molecular weight is 287 g/mol. The van der Waals surface area contributed by atoms with Gasteiger partial charge < -0.3 is 10.1 Å². The summed E-state index contributed by atoms with van der Waals surface area (Å²) in [6.45, 7) is 8.12. The highest BCUT2D eigenvalue weighted by Gasteiger charge is 2.20. The van der Waals surface area contributed by atoms with Crippen LogP contribution >= 0.6 is 0 Å². The minimum atomic E-state index is 0.0659. The Morgan fingerprint density at radius 1 is 1.24 bits per heavy atom. The third-order valence-corrected chi connectivity index (χ3v) is 3.57. The maximum Gasteiger partial charge on any atom is 0.0945 e. The second-order valence-electron chi connectivity index (χ2n) is 6.29. The van der Waals surface area contributed by atoms with Crippen LogP contribution in [0.25, 0.3) is 0 Å². The molecule has 114 valence electrons. The van der Waals surface area contributed by atoms with Gasteiger partial charge in [0.05, 0.1) is 12.3 Å². The number of nitrogens with one attached hydrogen (secondary N) is 2. The van der Waals surface area contributed by atoms with Crippen molar-refractivity contribution in [3.05, 3.63) is 53.3 Å². The van der Waals surface area contributed by atoms with Crippen LogP contribution in [-0.2, 0) is 16.7 Å².